The van der Waals surface area contributed by atoms with E-state index in [1.54, 1.807) is 6.07 Å². The van der Waals surface area contributed by atoms with Crippen molar-refractivity contribution in [3.05, 3.63) is 28.8 Å². The highest BCUT2D eigenvalue weighted by Gasteiger charge is 2.32. The highest BCUT2D eigenvalue weighted by molar-refractivity contribution is 7.18. The quantitative estimate of drug-likeness (QED) is 0.910. The van der Waals surface area contributed by atoms with Gasteiger partial charge in [0.2, 0.25) is 0 Å². The van der Waals surface area contributed by atoms with Crippen molar-refractivity contribution in [2.24, 2.45) is 5.73 Å². The van der Waals surface area contributed by atoms with E-state index in [1.165, 1.54) is 11.3 Å². The van der Waals surface area contributed by atoms with Crippen molar-refractivity contribution < 1.29 is 14.3 Å². The van der Waals surface area contributed by atoms with Gasteiger partial charge in [-0.15, -0.1) is 11.3 Å². The summed E-state index contributed by atoms with van der Waals surface area (Å²) in [6.07, 6.45) is -0.826. The summed E-state index contributed by atoms with van der Waals surface area (Å²) in [4.78, 5) is 31.4. The molecule has 2 aromatic rings. The molecule has 1 aliphatic heterocycles. The summed E-state index contributed by atoms with van der Waals surface area (Å²) in [5.74, 6) is 0.0355. The molecule has 1 fully saturated rings. The number of fused-ring (bicyclic) bond motifs is 1. The third-order valence-corrected chi connectivity index (χ3v) is 4.89. The van der Waals surface area contributed by atoms with E-state index in [9.17, 15) is 9.59 Å². The maximum Gasteiger partial charge on any atom is 0.404 e. The third-order valence-electron chi connectivity index (χ3n) is 3.90. The van der Waals surface area contributed by atoms with Gasteiger partial charge in [0.15, 0.2) is 0 Å². The minimum absolute atomic E-state index is 0.0355. The average molecular weight is 334 g/mol. The van der Waals surface area contributed by atoms with Gasteiger partial charge in [-0.1, -0.05) is 0 Å². The number of nitrogens with two attached hydrogens (primary N) is 1. The molecular formula is C15H18N4O3S. The van der Waals surface area contributed by atoms with Gasteiger partial charge in [0, 0.05) is 24.7 Å². The van der Waals surface area contributed by atoms with Crippen LogP contribution in [0.3, 0.4) is 0 Å². The SMILES string of the molecule is CN(C)C1CN(C(=O)c2ccc3nc(COC(N)=O)sc3c2)C1. The molecule has 1 aromatic carbocycles. The fraction of sp³-hybridized carbons (Fsp3) is 0.400. The van der Waals surface area contributed by atoms with Crippen LogP contribution < -0.4 is 5.73 Å². The maximum absolute atomic E-state index is 12.5. The van der Waals surface area contributed by atoms with Gasteiger partial charge < -0.3 is 20.3 Å². The predicted molar refractivity (Wildman–Crippen MR) is 87.4 cm³/mol. The number of aromatic nitrogens is 1. The van der Waals surface area contributed by atoms with Crippen molar-refractivity contribution >= 4 is 33.6 Å². The molecular weight excluding hydrogens is 316 g/mol. The molecule has 1 saturated heterocycles. The minimum atomic E-state index is -0.826. The lowest BCUT2D eigenvalue weighted by molar-refractivity contribution is 0.0399. The van der Waals surface area contributed by atoms with Crippen molar-refractivity contribution in [2.45, 2.75) is 12.6 Å². The first-order valence-corrected chi connectivity index (χ1v) is 8.03. The Balaban J connectivity index is 1.72. The van der Waals surface area contributed by atoms with E-state index >= 15 is 0 Å². The normalized spacial score (nSPS) is 15.0. The fourth-order valence-electron chi connectivity index (χ4n) is 2.43. The highest BCUT2D eigenvalue weighted by atomic mass is 32.1. The van der Waals surface area contributed by atoms with Gasteiger partial charge in [-0.25, -0.2) is 9.78 Å². The van der Waals surface area contributed by atoms with Crippen LogP contribution in [0.25, 0.3) is 10.2 Å². The van der Waals surface area contributed by atoms with E-state index in [0.29, 0.717) is 16.6 Å². The number of carbonyl (C=O) groups excluding carboxylic acids is 2. The fourth-order valence-corrected chi connectivity index (χ4v) is 3.35. The molecule has 23 heavy (non-hydrogen) atoms. The van der Waals surface area contributed by atoms with E-state index in [0.717, 1.165) is 23.3 Å². The van der Waals surface area contributed by atoms with Crippen LogP contribution in [0, 0.1) is 0 Å². The molecule has 122 valence electrons. The Hall–Kier alpha value is -2.19. The third kappa shape index (κ3) is 3.27. The number of primary amides is 1. The van der Waals surface area contributed by atoms with E-state index in [4.69, 9.17) is 10.5 Å². The number of rotatable bonds is 4. The lowest BCUT2D eigenvalue weighted by atomic mass is 10.1. The van der Waals surface area contributed by atoms with Crippen LogP contribution in [0.15, 0.2) is 18.2 Å². The van der Waals surface area contributed by atoms with Gasteiger partial charge in [0.25, 0.3) is 5.91 Å². The number of likely N-dealkylation sites (N-methyl/N-ethyl adjacent to an activating group) is 1. The van der Waals surface area contributed by atoms with Crippen molar-refractivity contribution in [3.8, 4) is 0 Å². The van der Waals surface area contributed by atoms with E-state index in [2.05, 4.69) is 9.88 Å². The molecule has 0 spiro atoms. The first-order valence-electron chi connectivity index (χ1n) is 7.21. The van der Waals surface area contributed by atoms with Crippen LogP contribution in [0.5, 0.6) is 0 Å². The van der Waals surface area contributed by atoms with Crippen LogP contribution in [-0.4, -0.2) is 60.0 Å². The highest BCUT2D eigenvalue weighted by Crippen LogP contribution is 2.25. The van der Waals surface area contributed by atoms with Gasteiger partial charge in [-0.2, -0.15) is 0 Å². The Morgan fingerprint density at radius 3 is 2.83 bits per heavy atom. The van der Waals surface area contributed by atoms with Crippen LogP contribution in [0.1, 0.15) is 15.4 Å². The average Bonchev–Trinajstić information content (AvgIpc) is 2.84. The molecule has 0 radical (unpaired) electrons. The first kappa shape index (κ1) is 15.7. The maximum atomic E-state index is 12.5. The summed E-state index contributed by atoms with van der Waals surface area (Å²) in [6.45, 7) is 1.56. The Labute approximate surface area is 137 Å². The molecule has 0 bridgehead atoms. The molecule has 2 amide bonds. The molecule has 0 atom stereocenters. The predicted octanol–water partition coefficient (Wildman–Crippen LogP) is 1.28. The lowest BCUT2D eigenvalue weighted by Crippen LogP contribution is -2.59. The van der Waals surface area contributed by atoms with Gasteiger partial charge in [0.05, 0.1) is 10.2 Å². The summed E-state index contributed by atoms with van der Waals surface area (Å²) in [6, 6.07) is 5.87. The number of likely N-dealkylation sites (tertiary alicyclic amines) is 1. The number of amides is 2. The van der Waals surface area contributed by atoms with Crippen LogP contribution >= 0.6 is 11.3 Å². The zero-order valence-corrected chi connectivity index (χ0v) is 13.8. The summed E-state index contributed by atoms with van der Waals surface area (Å²) in [7, 11) is 4.04. The van der Waals surface area contributed by atoms with Crippen molar-refractivity contribution in [2.75, 3.05) is 27.2 Å². The summed E-state index contributed by atoms with van der Waals surface area (Å²) in [5, 5.41) is 0.653. The molecule has 2 N–H and O–H groups in total. The number of benzene rings is 1. The summed E-state index contributed by atoms with van der Waals surface area (Å²) < 4.78 is 5.63. The number of hydrogen-bond donors (Lipinski definition) is 1. The second kappa shape index (κ2) is 6.13. The molecule has 7 nitrogen and oxygen atoms in total. The van der Waals surface area contributed by atoms with E-state index < -0.39 is 6.09 Å². The number of carbonyl (C=O) groups is 2. The lowest BCUT2D eigenvalue weighted by Gasteiger charge is -2.42. The molecule has 1 aromatic heterocycles. The number of hydrogen-bond acceptors (Lipinski definition) is 6. The van der Waals surface area contributed by atoms with Gasteiger partial charge in [0.1, 0.15) is 11.6 Å². The monoisotopic (exact) mass is 334 g/mol. The smallest absolute Gasteiger partial charge is 0.404 e. The second-order valence-corrected chi connectivity index (χ2v) is 6.84. The minimum Gasteiger partial charge on any atom is -0.442 e. The summed E-state index contributed by atoms with van der Waals surface area (Å²) >= 11 is 1.39. The topological polar surface area (TPSA) is 88.8 Å². The van der Waals surface area contributed by atoms with E-state index in [1.807, 2.05) is 31.1 Å². The van der Waals surface area contributed by atoms with Crippen LogP contribution in [-0.2, 0) is 11.3 Å². The number of nitrogens with zero attached hydrogens (tertiary/aromatic N) is 3. The molecule has 1 aliphatic rings. The largest absolute Gasteiger partial charge is 0.442 e. The van der Waals surface area contributed by atoms with Gasteiger partial charge >= 0.3 is 6.09 Å². The molecule has 2 heterocycles. The van der Waals surface area contributed by atoms with E-state index in [-0.39, 0.29) is 12.5 Å². The zero-order valence-electron chi connectivity index (χ0n) is 13.0. The standard InChI is InChI=1S/C15H18N4O3S/c1-18(2)10-6-19(7-10)14(20)9-3-4-11-12(5-9)23-13(17-11)8-22-15(16)21/h3-5,10H,6-8H2,1-2H3,(H2,16,21). The second-order valence-electron chi connectivity index (χ2n) is 5.73. The van der Waals surface area contributed by atoms with Gasteiger partial charge in [-0.05, 0) is 32.3 Å². The van der Waals surface area contributed by atoms with Gasteiger partial charge in [-0.3, -0.25) is 4.79 Å². The van der Waals surface area contributed by atoms with Crippen molar-refractivity contribution in [3.63, 3.8) is 0 Å². The van der Waals surface area contributed by atoms with Crippen LogP contribution in [0.2, 0.25) is 0 Å². The molecule has 3 rings (SSSR count). The Kier molecular flexibility index (Phi) is 4.18. The Bertz CT molecular complexity index is 752. The first-order chi connectivity index (χ1) is 10.9. The number of ether oxygens (including phenoxy) is 1. The molecule has 0 aliphatic carbocycles. The molecule has 0 saturated carbocycles. The Morgan fingerprint density at radius 1 is 1.43 bits per heavy atom. The van der Waals surface area contributed by atoms with Crippen molar-refractivity contribution in [1.82, 2.24) is 14.8 Å². The van der Waals surface area contributed by atoms with Crippen LogP contribution in [0.4, 0.5) is 4.79 Å². The molecule has 8 heteroatoms. The molecule has 0 unspecified atom stereocenters. The Morgan fingerprint density at radius 2 is 2.17 bits per heavy atom. The van der Waals surface area contributed by atoms with Crippen molar-refractivity contribution in [1.29, 1.82) is 0 Å². The zero-order chi connectivity index (χ0) is 16.6. The summed E-state index contributed by atoms with van der Waals surface area (Å²) in [5.41, 5.74) is 6.38. The number of thiazole rings is 1.